The number of amides is 1. The lowest BCUT2D eigenvalue weighted by molar-refractivity contribution is -0.146. The van der Waals surface area contributed by atoms with E-state index >= 15 is 0 Å². The molecule has 0 saturated carbocycles. The van der Waals surface area contributed by atoms with Crippen molar-refractivity contribution < 1.29 is 18.7 Å². The highest BCUT2D eigenvalue weighted by Gasteiger charge is 2.25. The highest BCUT2D eigenvalue weighted by Crippen LogP contribution is 2.17. The molecule has 2 atom stereocenters. The lowest BCUT2D eigenvalue weighted by Gasteiger charge is -2.16. The standard InChI is InChI=1S/C17H20N2O4.ClH/c1-11(18)14(17(21)22-2)10-13-8-9-15(23-13)16(20)19-12-6-4-3-5-7-12;/h3-9,11,14H,10,18H2,1-2H3,(H,19,20);1H. The number of nitrogens with one attached hydrogen (secondary N) is 1. The fourth-order valence-electron chi connectivity index (χ4n) is 2.18. The van der Waals surface area contributed by atoms with Crippen LogP contribution in [0.15, 0.2) is 46.9 Å². The molecule has 1 aromatic heterocycles. The van der Waals surface area contributed by atoms with Crippen LogP contribution in [0.1, 0.15) is 23.2 Å². The Hall–Kier alpha value is -2.31. The van der Waals surface area contributed by atoms with E-state index < -0.39 is 11.9 Å². The molecule has 2 rings (SSSR count). The number of anilines is 1. The van der Waals surface area contributed by atoms with Crippen molar-refractivity contribution in [3.63, 3.8) is 0 Å². The second-order valence-electron chi connectivity index (χ2n) is 5.28. The number of rotatable bonds is 6. The average molecular weight is 353 g/mol. The summed E-state index contributed by atoms with van der Waals surface area (Å²) in [6.45, 7) is 1.73. The Bertz CT molecular complexity index is 670. The van der Waals surface area contributed by atoms with Gasteiger partial charge in [-0.1, -0.05) is 18.2 Å². The predicted molar refractivity (Wildman–Crippen MR) is 93.2 cm³/mol. The number of halogens is 1. The van der Waals surface area contributed by atoms with Crippen molar-refractivity contribution in [2.24, 2.45) is 11.7 Å². The van der Waals surface area contributed by atoms with E-state index in [-0.39, 0.29) is 36.5 Å². The lowest BCUT2D eigenvalue weighted by atomic mass is 9.97. The molecule has 0 radical (unpaired) electrons. The number of carbonyl (C=O) groups is 2. The van der Waals surface area contributed by atoms with E-state index in [0.717, 1.165) is 0 Å². The number of carbonyl (C=O) groups excluding carboxylic acids is 2. The molecule has 2 aromatic rings. The highest BCUT2D eigenvalue weighted by atomic mass is 35.5. The second kappa shape index (κ2) is 9.10. The number of furan rings is 1. The molecule has 6 nitrogen and oxygen atoms in total. The van der Waals surface area contributed by atoms with E-state index in [1.165, 1.54) is 7.11 Å². The molecule has 1 amide bonds. The first-order valence-electron chi connectivity index (χ1n) is 7.29. The molecule has 0 aliphatic carbocycles. The minimum absolute atomic E-state index is 0. The molecule has 3 N–H and O–H groups in total. The fourth-order valence-corrected chi connectivity index (χ4v) is 2.18. The highest BCUT2D eigenvalue weighted by molar-refractivity contribution is 6.02. The minimum atomic E-state index is -0.517. The number of benzene rings is 1. The van der Waals surface area contributed by atoms with Crippen LogP contribution in [0.2, 0.25) is 0 Å². The maximum absolute atomic E-state index is 12.1. The van der Waals surface area contributed by atoms with E-state index in [9.17, 15) is 9.59 Å². The predicted octanol–water partition coefficient (Wildman–Crippen LogP) is 2.63. The Morgan fingerprint density at radius 3 is 2.46 bits per heavy atom. The van der Waals surface area contributed by atoms with Gasteiger partial charge in [0.1, 0.15) is 5.76 Å². The van der Waals surface area contributed by atoms with Gasteiger partial charge in [-0.25, -0.2) is 0 Å². The van der Waals surface area contributed by atoms with Gasteiger partial charge in [0.25, 0.3) is 5.91 Å². The van der Waals surface area contributed by atoms with Crippen LogP contribution >= 0.6 is 12.4 Å². The monoisotopic (exact) mass is 352 g/mol. The SMILES string of the molecule is COC(=O)C(Cc1ccc(C(=O)Nc2ccccc2)o1)C(C)N.Cl. The van der Waals surface area contributed by atoms with Crippen LogP contribution in [0.5, 0.6) is 0 Å². The quantitative estimate of drug-likeness (QED) is 0.779. The van der Waals surface area contributed by atoms with Gasteiger partial charge in [0.05, 0.1) is 13.0 Å². The van der Waals surface area contributed by atoms with Crippen molar-refractivity contribution in [1.82, 2.24) is 0 Å². The van der Waals surface area contributed by atoms with E-state index in [4.69, 9.17) is 14.9 Å². The van der Waals surface area contributed by atoms with Crippen LogP contribution in [0, 0.1) is 5.92 Å². The first-order chi connectivity index (χ1) is 11.0. The largest absolute Gasteiger partial charge is 0.469 e. The molecule has 0 fully saturated rings. The van der Waals surface area contributed by atoms with Gasteiger partial charge in [-0.15, -0.1) is 12.4 Å². The summed E-state index contributed by atoms with van der Waals surface area (Å²) in [6, 6.07) is 11.9. The zero-order valence-corrected chi connectivity index (χ0v) is 14.3. The minimum Gasteiger partial charge on any atom is -0.469 e. The summed E-state index contributed by atoms with van der Waals surface area (Å²) in [4.78, 5) is 23.8. The number of nitrogens with two attached hydrogens (primary N) is 1. The molecule has 0 bridgehead atoms. The van der Waals surface area contributed by atoms with E-state index in [1.54, 1.807) is 31.2 Å². The van der Waals surface area contributed by atoms with Gasteiger partial charge in [0, 0.05) is 18.2 Å². The Balaban J connectivity index is 0.00000288. The number of para-hydroxylation sites is 1. The van der Waals surface area contributed by atoms with E-state index in [2.05, 4.69) is 5.32 Å². The summed E-state index contributed by atoms with van der Waals surface area (Å²) in [6.07, 6.45) is 0.281. The van der Waals surface area contributed by atoms with Gasteiger partial charge in [-0.05, 0) is 31.2 Å². The Morgan fingerprint density at radius 1 is 1.21 bits per heavy atom. The summed E-state index contributed by atoms with van der Waals surface area (Å²) >= 11 is 0. The first-order valence-corrected chi connectivity index (χ1v) is 7.29. The lowest BCUT2D eigenvalue weighted by Crippen LogP contribution is -2.35. The fraction of sp³-hybridized carbons (Fsp3) is 0.294. The normalized spacial score (nSPS) is 12.6. The summed E-state index contributed by atoms with van der Waals surface area (Å²) < 4.78 is 10.3. The third kappa shape index (κ3) is 5.11. The van der Waals surface area contributed by atoms with Crippen LogP contribution < -0.4 is 11.1 Å². The maximum atomic E-state index is 12.1. The molecular formula is C17H21ClN2O4. The molecular weight excluding hydrogens is 332 g/mol. The number of esters is 1. The molecule has 1 heterocycles. The van der Waals surface area contributed by atoms with Crippen molar-refractivity contribution in [3.8, 4) is 0 Å². The van der Waals surface area contributed by atoms with Gasteiger partial charge >= 0.3 is 5.97 Å². The molecule has 1 aromatic carbocycles. The molecule has 130 valence electrons. The molecule has 0 saturated heterocycles. The molecule has 7 heteroatoms. The second-order valence-corrected chi connectivity index (χ2v) is 5.28. The van der Waals surface area contributed by atoms with Gasteiger partial charge in [0.2, 0.25) is 0 Å². The van der Waals surface area contributed by atoms with Gasteiger partial charge < -0.3 is 20.2 Å². The number of ether oxygens (including phenoxy) is 1. The van der Waals surface area contributed by atoms with Crippen LogP contribution in [0.25, 0.3) is 0 Å². The van der Waals surface area contributed by atoms with Crippen LogP contribution in [0.3, 0.4) is 0 Å². The number of hydrogen-bond acceptors (Lipinski definition) is 5. The number of methoxy groups -OCH3 is 1. The third-order valence-electron chi connectivity index (χ3n) is 3.48. The Kier molecular flexibility index (Phi) is 7.48. The van der Waals surface area contributed by atoms with Crippen molar-refractivity contribution in [3.05, 3.63) is 54.0 Å². The number of hydrogen-bond donors (Lipinski definition) is 2. The summed E-state index contributed by atoms with van der Waals surface area (Å²) in [5.41, 5.74) is 6.49. The smallest absolute Gasteiger partial charge is 0.310 e. The van der Waals surface area contributed by atoms with Gasteiger partial charge in [-0.3, -0.25) is 9.59 Å². The first kappa shape index (κ1) is 19.7. The molecule has 2 unspecified atom stereocenters. The van der Waals surface area contributed by atoms with Crippen molar-refractivity contribution in [1.29, 1.82) is 0 Å². The van der Waals surface area contributed by atoms with Gasteiger partial charge in [0.15, 0.2) is 5.76 Å². The van der Waals surface area contributed by atoms with E-state index in [0.29, 0.717) is 11.4 Å². The van der Waals surface area contributed by atoms with Crippen molar-refractivity contribution >= 4 is 30.0 Å². The van der Waals surface area contributed by atoms with Crippen LogP contribution in [0.4, 0.5) is 5.69 Å². The zero-order chi connectivity index (χ0) is 16.8. The van der Waals surface area contributed by atoms with Gasteiger partial charge in [-0.2, -0.15) is 0 Å². The Morgan fingerprint density at radius 2 is 1.88 bits per heavy atom. The average Bonchev–Trinajstić information content (AvgIpc) is 3.01. The van der Waals surface area contributed by atoms with E-state index in [1.807, 2.05) is 18.2 Å². The molecule has 0 aliphatic heterocycles. The molecule has 0 aliphatic rings. The van der Waals surface area contributed by atoms with Crippen LogP contribution in [-0.2, 0) is 16.0 Å². The molecule has 0 spiro atoms. The third-order valence-corrected chi connectivity index (χ3v) is 3.48. The Labute approximate surface area is 146 Å². The van der Waals surface area contributed by atoms with Crippen molar-refractivity contribution in [2.45, 2.75) is 19.4 Å². The van der Waals surface area contributed by atoms with Crippen molar-refractivity contribution in [2.75, 3.05) is 12.4 Å². The molecule has 24 heavy (non-hydrogen) atoms. The summed E-state index contributed by atoms with van der Waals surface area (Å²) in [7, 11) is 1.32. The summed E-state index contributed by atoms with van der Waals surface area (Å²) in [5.74, 6) is -0.575. The summed E-state index contributed by atoms with van der Waals surface area (Å²) in [5, 5.41) is 2.73. The van der Waals surface area contributed by atoms with Crippen LogP contribution in [-0.4, -0.2) is 25.0 Å². The maximum Gasteiger partial charge on any atom is 0.310 e. The zero-order valence-electron chi connectivity index (χ0n) is 13.5. The topological polar surface area (TPSA) is 94.6 Å².